The maximum Gasteiger partial charge on any atom is 0.573 e. The van der Waals surface area contributed by atoms with Gasteiger partial charge < -0.3 is 14.4 Å². The zero-order valence-electron chi connectivity index (χ0n) is 16.4. The molecule has 12 heteroatoms. The number of rotatable bonds is 7. The number of amides is 1. The van der Waals surface area contributed by atoms with Gasteiger partial charge in [-0.25, -0.2) is 0 Å². The van der Waals surface area contributed by atoms with Gasteiger partial charge in [-0.3, -0.25) is 4.79 Å². The second kappa shape index (κ2) is 8.69. The Kier molecular flexibility index (Phi) is 6.60. The smallest absolute Gasteiger partial charge is 0.406 e. The molecular weight excluding hydrogens is 427 g/mol. The van der Waals surface area contributed by atoms with Crippen molar-refractivity contribution in [3.63, 3.8) is 0 Å². The molecule has 0 saturated carbocycles. The van der Waals surface area contributed by atoms with E-state index in [4.69, 9.17) is 4.74 Å². The fourth-order valence-corrected chi connectivity index (χ4v) is 5.06. The lowest BCUT2D eigenvalue weighted by Crippen LogP contribution is -2.50. The van der Waals surface area contributed by atoms with Crippen LogP contribution in [0.4, 0.5) is 18.9 Å². The highest BCUT2D eigenvalue weighted by Crippen LogP contribution is 2.43. The first-order chi connectivity index (χ1) is 14.1. The number of nitrogens with one attached hydrogen (secondary N) is 1. The summed E-state index contributed by atoms with van der Waals surface area (Å²) in [6.45, 7) is 1.30. The molecule has 8 nitrogen and oxygen atoms in total. The number of benzene rings is 1. The minimum atomic E-state index is -4.78. The molecule has 1 spiro atoms. The Bertz CT molecular complexity index is 853. The zero-order valence-corrected chi connectivity index (χ0v) is 17.3. The van der Waals surface area contributed by atoms with E-state index in [0.717, 1.165) is 0 Å². The molecule has 2 heterocycles. The van der Waals surface area contributed by atoms with Crippen molar-refractivity contribution in [2.24, 2.45) is 5.41 Å². The molecule has 1 aromatic rings. The third kappa shape index (κ3) is 5.05. The third-order valence-electron chi connectivity index (χ3n) is 5.50. The molecule has 0 bridgehead atoms. The molecule has 1 N–H and O–H groups in total. The number of piperidine rings is 1. The average molecular weight is 451 g/mol. The first-order valence-electron chi connectivity index (χ1n) is 9.48. The maximum atomic E-state index is 13.1. The van der Waals surface area contributed by atoms with Crippen molar-refractivity contribution >= 4 is 21.8 Å². The Labute approximate surface area is 173 Å². The molecule has 2 aliphatic heterocycles. The predicted octanol–water partition coefficient (Wildman–Crippen LogP) is 1.88. The van der Waals surface area contributed by atoms with Crippen LogP contribution in [0, 0.1) is 5.41 Å². The largest absolute Gasteiger partial charge is 0.573 e. The van der Waals surface area contributed by atoms with Crippen LogP contribution in [-0.4, -0.2) is 64.9 Å². The molecule has 0 unspecified atom stereocenters. The Hall–Kier alpha value is -1.89. The lowest BCUT2D eigenvalue weighted by molar-refractivity contribution is -0.274. The standard InChI is InChI=1S/C18H24F3N3O5S/c1-28-13-9-22-30(26,27)23-10-6-17(7-11-23)8-12-24(16(17)25)14-2-4-15(5-3-14)29-18(19,20)21/h2-5,22H,6-13H2,1H3. The van der Waals surface area contributed by atoms with Crippen molar-refractivity contribution in [1.82, 2.24) is 9.03 Å². The molecule has 30 heavy (non-hydrogen) atoms. The van der Waals surface area contributed by atoms with E-state index < -0.39 is 22.0 Å². The zero-order chi connectivity index (χ0) is 22.0. The number of nitrogens with zero attached hydrogens (tertiary/aromatic N) is 2. The molecular formula is C18H24F3N3O5S. The van der Waals surface area contributed by atoms with Crippen LogP contribution in [0.3, 0.4) is 0 Å². The van der Waals surface area contributed by atoms with Crippen LogP contribution in [0.2, 0.25) is 0 Å². The van der Waals surface area contributed by atoms with E-state index in [9.17, 15) is 26.4 Å². The number of methoxy groups -OCH3 is 1. The van der Waals surface area contributed by atoms with Crippen molar-refractivity contribution < 1.29 is 35.9 Å². The fourth-order valence-electron chi connectivity index (χ4n) is 3.88. The van der Waals surface area contributed by atoms with E-state index in [1.54, 1.807) is 4.90 Å². The summed E-state index contributed by atoms with van der Waals surface area (Å²) in [4.78, 5) is 14.6. The van der Waals surface area contributed by atoms with Gasteiger partial charge in [0.2, 0.25) is 5.91 Å². The van der Waals surface area contributed by atoms with Gasteiger partial charge in [-0.15, -0.1) is 13.2 Å². The van der Waals surface area contributed by atoms with E-state index in [1.165, 1.54) is 35.7 Å². The van der Waals surface area contributed by atoms with E-state index >= 15 is 0 Å². The van der Waals surface area contributed by atoms with E-state index in [1.807, 2.05) is 0 Å². The summed E-state index contributed by atoms with van der Waals surface area (Å²) in [5.74, 6) is -0.483. The Morgan fingerprint density at radius 1 is 1.10 bits per heavy atom. The van der Waals surface area contributed by atoms with Crippen LogP contribution in [0.5, 0.6) is 5.75 Å². The van der Waals surface area contributed by atoms with Gasteiger partial charge >= 0.3 is 6.36 Å². The molecule has 2 fully saturated rings. The molecule has 168 valence electrons. The van der Waals surface area contributed by atoms with Crippen molar-refractivity contribution in [2.75, 3.05) is 44.8 Å². The second-order valence-corrected chi connectivity index (χ2v) is 9.08. The number of hydrogen-bond donors (Lipinski definition) is 1. The van der Waals surface area contributed by atoms with Gasteiger partial charge in [-0.2, -0.15) is 17.4 Å². The minimum absolute atomic E-state index is 0.128. The molecule has 2 aliphatic rings. The van der Waals surface area contributed by atoms with Gasteiger partial charge in [0.1, 0.15) is 5.75 Å². The van der Waals surface area contributed by atoms with Gasteiger partial charge in [0.05, 0.1) is 12.0 Å². The molecule has 3 rings (SSSR count). The van der Waals surface area contributed by atoms with Gasteiger partial charge in [0.15, 0.2) is 0 Å². The van der Waals surface area contributed by atoms with Crippen molar-refractivity contribution in [1.29, 1.82) is 0 Å². The summed E-state index contributed by atoms with van der Waals surface area (Å²) in [6.07, 6.45) is -3.43. The summed E-state index contributed by atoms with van der Waals surface area (Å²) < 4.78 is 74.1. The second-order valence-electron chi connectivity index (χ2n) is 7.32. The van der Waals surface area contributed by atoms with Crippen LogP contribution < -0.4 is 14.4 Å². The molecule has 0 aliphatic carbocycles. The van der Waals surface area contributed by atoms with Gasteiger partial charge in [0, 0.05) is 39.0 Å². The summed E-state index contributed by atoms with van der Waals surface area (Å²) in [7, 11) is -2.15. The van der Waals surface area contributed by atoms with Gasteiger partial charge in [-0.05, 0) is 43.5 Å². The lowest BCUT2D eigenvalue weighted by atomic mass is 9.77. The number of ether oxygens (including phenoxy) is 2. The fraction of sp³-hybridized carbons (Fsp3) is 0.611. The SMILES string of the molecule is COCCNS(=O)(=O)N1CCC2(CCN(c3ccc(OC(F)(F)F)cc3)C2=O)CC1. The molecule has 0 atom stereocenters. The number of alkyl halides is 3. The highest BCUT2D eigenvalue weighted by atomic mass is 32.2. The van der Waals surface area contributed by atoms with Crippen molar-refractivity contribution in [3.8, 4) is 5.75 Å². The normalized spacial score (nSPS) is 20.1. The van der Waals surface area contributed by atoms with Crippen LogP contribution in [0.1, 0.15) is 19.3 Å². The Morgan fingerprint density at radius 2 is 1.70 bits per heavy atom. The van der Waals surface area contributed by atoms with Crippen LogP contribution >= 0.6 is 0 Å². The highest BCUT2D eigenvalue weighted by Gasteiger charge is 2.49. The minimum Gasteiger partial charge on any atom is -0.406 e. The Balaban J connectivity index is 1.62. The maximum absolute atomic E-state index is 13.1. The summed E-state index contributed by atoms with van der Waals surface area (Å²) in [5.41, 5.74) is -0.164. The van der Waals surface area contributed by atoms with Crippen LogP contribution in [-0.2, 0) is 19.7 Å². The van der Waals surface area contributed by atoms with Gasteiger partial charge in [0.25, 0.3) is 10.2 Å². The molecule has 1 amide bonds. The van der Waals surface area contributed by atoms with Crippen molar-refractivity contribution in [3.05, 3.63) is 24.3 Å². The first-order valence-corrected chi connectivity index (χ1v) is 10.9. The van der Waals surface area contributed by atoms with Crippen molar-refractivity contribution in [2.45, 2.75) is 25.6 Å². The van der Waals surface area contributed by atoms with Gasteiger partial charge in [-0.1, -0.05) is 0 Å². The topological polar surface area (TPSA) is 88.2 Å². The number of carbonyl (C=O) groups excluding carboxylic acids is 1. The third-order valence-corrected chi connectivity index (χ3v) is 7.12. The molecule has 1 aromatic carbocycles. The number of halogens is 3. The summed E-state index contributed by atoms with van der Waals surface area (Å²) >= 11 is 0. The summed E-state index contributed by atoms with van der Waals surface area (Å²) in [6, 6.07) is 5.17. The number of hydrogen-bond acceptors (Lipinski definition) is 5. The number of carbonyl (C=O) groups is 1. The van der Waals surface area contributed by atoms with Crippen LogP contribution in [0.15, 0.2) is 24.3 Å². The molecule has 2 saturated heterocycles. The monoisotopic (exact) mass is 451 g/mol. The predicted molar refractivity (Wildman–Crippen MR) is 102 cm³/mol. The van der Waals surface area contributed by atoms with E-state index in [0.29, 0.717) is 31.5 Å². The summed E-state index contributed by atoms with van der Waals surface area (Å²) in [5, 5.41) is 0. The Morgan fingerprint density at radius 3 is 2.27 bits per heavy atom. The average Bonchev–Trinajstić information content (AvgIpc) is 2.98. The molecule has 0 aromatic heterocycles. The quantitative estimate of drug-likeness (QED) is 0.640. The van der Waals surface area contributed by atoms with E-state index in [-0.39, 0.29) is 37.9 Å². The highest BCUT2D eigenvalue weighted by molar-refractivity contribution is 7.87. The van der Waals surface area contributed by atoms with Crippen LogP contribution in [0.25, 0.3) is 0 Å². The first kappa shape index (κ1) is 22.8. The van der Waals surface area contributed by atoms with E-state index in [2.05, 4.69) is 9.46 Å². The molecule has 0 radical (unpaired) electrons. The lowest BCUT2D eigenvalue weighted by Gasteiger charge is -2.37. The number of anilines is 1.